The van der Waals surface area contributed by atoms with E-state index in [2.05, 4.69) is 9.47 Å². The van der Waals surface area contributed by atoms with Crippen LogP contribution >= 0.6 is 0 Å². The zero-order valence-corrected chi connectivity index (χ0v) is 13.9. The summed E-state index contributed by atoms with van der Waals surface area (Å²) in [6.07, 6.45) is -21.2. The summed E-state index contributed by atoms with van der Waals surface area (Å²) >= 11 is 0. The summed E-state index contributed by atoms with van der Waals surface area (Å²) < 4.78 is 108. The fourth-order valence-electron chi connectivity index (χ4n) is 2.27. The maximum Gasteiger partial charge on any atom is 0.524 e. The van der Waals surface area contributed by atoms with Gasteiger partial charge in [-0.1, -0.05) is 0 Å². The molecule has 2 atom stereocenters. The van der Waals surface area contributed by atoms with Crippen LogP contribution in [0.5, 0.6) is 0 Å². The molecule has 1 rings (SSSR count). The van der Waals surface area contributed by atoms with Crippen LogP contribution in [0.1, 0.15) is 0 Å². The number of carbonyl (C=O) groups is 4. The lowest BCUT2D eigenvalue weighted by Crippen LogP contribution is -2.59. The third-order valence-electron chi connectivity index (χ3n) is 3.49. The van der Waals surface area contributed by atoms with Gasteiger partial charge in [0.05, 0.1) is 11.1 Å². The van der Waals surface area contributed by atoms with Crippen LogP contribution in [0.3, 0.4) is 0 Å². The molecule has 174 valence electrons. The van der Waals surface area contributed by atoms with Crippen molar-refractivity contribution < 1.29 is 84.2 Å². The molecule has 4 N–H and O–H groups in total. The second-order valence-corrected chi connectivity index (χ2v) is 5.47. The minimum atomic E-state index is -6.72. The Hall–Kier alpha value is -3.28. The number of halogens is 8. The average Bonchev–Trinajstić information content (AvgIpc) is 2.52. The molecule has 2 unspecified atom stereocenters. The van der Waals surface area contributed by atoms with Gasteiger partial charge in [-0.3, -0.25) is 9.47 Å². The maximum atomic E-state index is 13.4. The van der Waals surface area contributed by atoms with E-state index in [1.807, 2.05) is 0 Å². The number of carboxylic acid groups (broad SMARTS) is 4. The number of aliphatic carboxylic acids is 4. The molecule has 0 saturated heterocycles. The first-order valence-corrected chi connectivity index (χ1v) is 6.94. The van der Waals surface area contributed by atoms with Crippen molar-refractivity contribution >= 4 is 23.9 Å². The highest BCUT2D eigenvalue weighted by Crippen LogP contribution is 2.47. The molecule has 0 saturated carbocycles. The van der Waals surface area contributed by atoms with Crippen molar-refractivity contribution in [2.45, 2.75) is 29.8 Å². The Labute approximate surface area is 162 Å². The highest BCUT2D eigenvalue weighted by molar-refractivity contribution is 6.08. The Kier molecular flexibility index (Phi) is 6.19. The van der Waals surface area contributed by atoms with Crippen molar-refractivity contribution in [2.75, 3.05) is 0 Å². The first kappa shape index (κ1) is 25.8. The predicted molar refractivity (Wildman–Crippen MR) is 71.4 cm³/mol. The van der Waals surface area contributed by atoms with E-state index in [9.17, 15) is 54.3 Å². The van der Waals surface area contributed by atoms with Gasteiger partial charge in [0.2, 0.25) is 11.2 Å². The second-order valence-electron chi connectivity index (χ2n) is 5.47. The van der Waals surface area contributed by atoms with Gasteiger partial charge in [0, 0.05) is 0 Å². The van der Waals surface area contributed by atoms with Gasteiger partial charge in [-0.2, -0.15) is 22.0 Å². The van der Waals surface area contributed by atoms with Gasteiger partial charge in [-0.15, -0.1) is 13.2 Å². The minimum Gasteiger partial charge on any atom is -0.479 e. The molecule has 18 heteroatoms. The highest BCUT2D eigenvalue weighted by atomic mass is 19.4. The zero-order chi connectivity index (χ0) is 24.8. The van der Waals surface area contributed by atoms with Gasteiger partial charge < -0.3 is 20.4 Å². The molecule has 0 radical (unpaired) electrons. The van der Waals surface area contributed by atoms with Crippen molar-refractivity contribution in [2.24, 2.45) is 0 Å². The molecule has 0 bridgehead atoms. The van der Waals surface area contributed by atoms with Gasteiger partial charge in [-0.05, 0) is 12.2 Å². The molecule has 0 heterocycles. The summed E-state index contributed by atoms with van der Waals surface area (Å²) in [6.45, 7) is 0. The monoisotopic (exact) mass is 474 g/mol. The third-order valence-corrected chi connectivity index (χ3v) is 3.49. The Morgan fingerprint density at radius 2 is 1.00 bits per heavy atom. The average molecular weight is 474 g/mol. The molecule has 0 spiro atoms. The van der Waals surface area contributed by atoms with E-state index in [1.54, 1.807) is 0 Å². The van der Waals surface area contributed by atoms with E-state index in [-0.39, 0.29) is 0 Å². The van der Waals surface area contributed by atoms with Crippen molar-refractivity contribution in [1.29, 1.82) is 0 Å². The van der Waals surface area contributed by atoms with Crippen molar-refractivity contribution in [3.8, 4) is 0 Å². The maximum absolute atomic E-state index is 13.4. The zero-order valence-electron chi connectivity index (χ0n) is 13.9. The number of hydrogen-bond donors (Lipinski definition) is 4. The van der Waals surface area contributed by atoms with Crippen LogP contribution in [0.4, 0.5) is 35.1 Å². The lowest BCUT2D eigenvalue weighted by atomic mass is 9.76. The molecule has 0 amide bonds. The second kappa shape index (κ2) is 7.45. The predicted octanol–water partition coefficient (Wildman–Crippen LogP) is 1.38. The van der Waals surface area contributed by atoms with E-state index >= 15 is 0 Å². The molecule has 0 aromatic heterocycles. The molecule has 1 aliphatic carbocycles. The molecule has 10 nitrogen and oxygen atoms in total. The number of rotatable bonds is 7. The van der Waals surface area contributed by atoms with E-state index in [0.29, 0.717) is 0 Å². The molecular weight excluding hydrogens is 468 g/mol. The molecule has 31 heavy (non-hydrogen) atoms. The Bertz CT molecular complexity index is 886. The first-order chi connectivity index (χ1) is 13.6. The summed E-state index contributed by atoms with van der Waals surface area (Å²) in [5.41, 5.74) is -13.9. The summed E-state index contributed by atoms with van der Waals surface area (Å²) in [5.74, 6) is -11.7. The van der Waals surface area contributed by atoms with E-state index in [0.717, 1.165) is 0 Å². The smallest absolute Gasteiger partial charge is 0.479 e. The summed E-state index contributed by atoms with van der Waals surface area (Å²) in [4.78, 5) is 45.4. The number of ether oxygens (including phenoxy) is 2. The SMILES string of the molecule is O=C(O)C1=CC(OC(F)(F)C(F)(F)F)(C(=O)O)C(C(=O)O)=CC1(OC(F)(F)F)C(=O)O. The Balaban J connectivity index is 4.07. The van der Waals surface area contributed by atoms with Crippen LogP contribution in [0, 0.1) is 0 Å². The highest BCUT2D eigenvalue weighted by Gasteiger charge is 2.68. The topological polar surface area (TPSA) is 168 Å². The van der Waals surface area contributed by atoms with Crippen LogP contribution in [0.15, 0.2) is 23.3 Å². The van der Waals surface area contributed by atoms with Gasteiger partial charge in [-0.25, -0.2) is 19.2 Å². The van der Waals surface area contributed by atoms with Gasteiger partial charge in [0.1, 0.15) is 0 Å². The molecule has 0 aliphatic heterocycles. The van der Waals surface area contributed by atoms with Gasteiger partial charge >= 0.3 is 42.5 Å². The fraction of sp³-hybridized carbons (Fsp3) is 0.385. The van der Waals surface area contributed by atoms with Crippen molar-refractivity contribution in [1.82, 2.24) is 0 Å². The van der Waals surface area contributed by atoms with E-state index in [4.69, 9.17) is 20.4 Å². The quantitative estimate of drug-likeness (QED) is 0.396. The molecule has 0 aromatic carbocycles. The summed E-state index contributed by atoms with van der Waals surface area (Å²) in [6, 6.07) is 0. The fourth-order valence-corrected chi connectivity index (χ4v) is 2.27. The standard InChI is InChI=1S/C13H6F8O10/c14-11(15,16)12(17,18)30-9(7(26)27)1-4(6(24)25)10(8(28)29,31-13(19,20)21)2-3(9)5(22)23/h1-2H,(H,22,23)(H,24,25)(H,26,27)(H,28,29). The van der Waals surface area contributed by atoms with Crippen LogP contribution in [-0.4, -0.2) is 74.2 Å². The lowest BCUT2D eigenvalue weighted by Gasteiger charge is -2.39. The van der Waals surface area contributed by atoms with Crippen LogP contribution in [0.2, 0.25) is 0 Å². The molecule has 1 aliphatic rings. The number of hydrogen-bond acceptors (Lipinski definition) is 6. The van der Waals surface area contributed by atoms with Gasteiger partial charge in [0.15, 0.2) is 0 Å². The van der Waals surface area contributed by atoms with E-state index < -0.39 is 77.0 Å². The summed E-state index contributed by atoms with van der Waals surface area (Å²) in [7, 11) is 0. The molecule has 0 fully saturated rings. The minimum absolute atomic E-state index is 0.921. The Morgan fingerprint density at radius 1 is 0.677 bits per heavy atom. The number of alkyl halides is 8. The largest absolute Gasteiger partial charge is 0.524 e. The summed E-state index contributed by atoms with van der Waals surface area (Å²) in [5, 5.41) is 36.2. The van der Waals surface area contributed by atoms with Crippen LogP contribution in [-0.2, 0) is 28.7 Å². The first-order valence-electron chi connectivity index (χ1n) is 6.94. The molecular formula is C13H6F8O10. The van der Waals surface area contributed by atoms with Crippen molar-refractivity contribution in [3.05, 3.63) is 23.3 Å². The normalized spacial score (nSPS) is 24.8. The van der Waals surface area contributed by atoms with Crippen LogP contribution in [0.25, 0.3) is 0 Å². The Morgan fingerprint density at radius 3 is 1.23 bits per heavy atom. The van der Waals surface area contributed by atoms with Gasteiger partial charge in [0.25, 0.3) is 0 Å². The van der Waals surface area contributed by atoms with E-state index in [1.165, 1.54) is 0 Å². The number of carboxylic acids is 4. The lowest BCUT2D eigenvalue weighted by molar-refractivity contribution is -0.405. The van der Waals surface area contributed by atoms with Crippen LogP contribution < -0.4 is 0 Å². The third kappa shape index (κ3) is 4.58. The molecule has 0 aromatic rings. The van der Waals surface area contributed by atoms with Crippen molar-refractivity contribution in [3.63, 3.8) is 0 Å².